The van der Waals surface area contributed by atoms with Gasteiger partial charge >= 0.3 is 0 Å². The summed E-state index contributed by atoms with van der Waals surface area (Å²) in [5.74, 6) is 0.438. The molecule has 0 radical (unpaired) electrons. The Balaban J connectivity index is 3.42. The molecule has 0 saturated heterocycles. The molecule has 3 nitrogen and oxygen atoms in total. The van der Waals surface area contributed by atoms with E-state index in [2.05, 4.69) is 25.3 Å². The predicted molar refractivity (Wildman–Crippen MR) is 56.3 cm³/mol. The van der Waals surface area contributed by atoms with Crippen LogP contribution in [0.25, 0.3) is 0 Å². The number of thiol groups is 2. The standard InChI is InChI=1S/C7H10N2OS2/c1-10-7-5(8)3(11)2-4(12)6(7)9/h2,11-12H,8-9H2,1H3. The number of nitrogens with two attached hydrogens (primary N) is 2. The first-order valence-electron chi connectivity index (χ1n) is 3.21. The Kier molecular flexibility index (Phi) is 2.64. The number of hydrogen-bond donors (Lipinski definition) is 4. The lowest BCUT2D eigenvalue weighted by atomic mass is 10.2. The largest absolute Gasteiger partial charge is 0.492 e. The molecule has 0 saturated carbocycles. The summed E-state index contributed by atoms with van der Waals surface area (Å²) in [5.41, 5.74) is 12.2. The predicted octanol–water partition coefficient (Wildman–Crippen LogP) is 1.44. The fraction of sp³-hybridized carbons (Fsp3) is 0.143. The number of anilines is 2. The maximum Gasteiger partial charge on any atom is 0.166 e. The molecular weight excluding hydrogens is 192 g/mol. The third-order valence-electron chi connectivity index (χ3n) is 1.52. The molecule has 1 rings (SSSR count). The van der Waals surface area contributed by atoms with Crippen LogP contribution in [0.15, 0.2) is 15.9 Å². The van der Waals surface area contributed by atoms with Crippen molar-refractivity contribution < 1.29 is 4.74 Å². The average molecular weight is 202 g/mol. The van der Waals surface area contributed by atoms with Crippen molar-refractivity contribution in [1.82, 2.24) is 0 Å². The third kappa shape index (κ3) is 1.42. The molecule has 66 valence electrons. The van der Waals surface area contributed by atoms with Crippen LogP contribution < -0.4 is 16.2 Å². The van der Waals surface area contributed by atoms with Gasteiger partial charge in [-0.25, -0.2) is 0 Å². The molecule has 1 aromatic carbocycles. The van der Waals surface area contributed by atoms with Gasteiger partial charge in [-0.2, -0.15) is 0 Å². The summed E-state index contributed by atoms with van der Waals surface area (Å²) in [6.45, 7) is 0. The maximum absolute atomic E-state index is 5.65. The number of hydrogen-bond acceptors (Lipinski definition) is 5. The van der Waals surface area contributed by atoms with E-state index in [4.69, 9.17) is 16.2 Å². The topological polar surface area (TPSA) is 61.3 Å². The van der Waals surface area contributed by atoms with Gasteiger partial charge in [-0.3, -0.25) is 0 Å². The van der Waals surface area contributed by atoms with E-state index in [0.29, 0.717) is 26.9 Å². The van der Waals surface area contributed by atoms with E-state index in [-0.39, 0.29) is 0 Å². The van der Waals surface area contributed by atoms with Gasteiger partial charge in [-0.15, -0.1) is 25.3 Å². The molecule has 0 aliphatic rings. The molecule has 1 aromatic rings. The summed E-state index contributed by atoms with van der Waals surface area (Å²) in [4.78, 5) is 1.23. The van der Waals surface area contributed by atoms with E-state index >= 15 is 0 Å². The van der Waals surface area contributed by atoms with Crippen molar-refractivity contribution in [2.24, 2.45) is 0 Å². The Bertz CT molecular complexity index is 289. The van der Waals surface area contributed by atoms with Gasteiger partial charge < -0.3 is 16.2 Å². The van der Waals surface area contributed by atoms with E-state index in [1.165, 1.54) is 7.11 Å². The monoisotopic (exact) mass is 202 g/mol. The normalized spacial score (nSPS) is 9.92. The fourth-order valence-corrected chi connectivity index (χ4v) is 1.45. The van der Waals surface area contributed by atoms with Crippen molar-refractivity contribution in [1.29, 1.82) is 0 Å². The fourth-order valence-electron chi connectivity index (χ4n) is 0.883. The molecule has 0 fully saturated rings. The van der Waals surface area contributed by atoms with E-state index < -0.39 is 0 Å². The molecule has 0 aliphatic carbocycles. The Labute approximate surface area is 81.9 Å². The van der Waals surface area contributed by atoms with Crippen LogP contribution >= 0.6 is 25.3 Å². The SMILES string of the molecule is COc1c(N)c(S)cc(S)c1N. The van der Waals surface area contributed by atoms with Gasteiger partial charge in [0, 0.05) is 9.79 Å². The zero-order valence-electron chi connectivity index (χ0n) is 6.53. The molecule has 0 heterocycles. The van der Waals surface area contributed by atoms with Crippen LogP contribution in [0, 0.1) is 0 Å². The Morgan fingerprint density at radius 3 is 1.92 bits per heavy atom. The molecule has 4 N–H and O–H groups in total. The molecule has 0 unspecified atom stereocenters. The van der Waals surface area contributed by atoms with Crippen LogP contribution in [0.2, 0.25) is 0 Å². The summed E-state index contributed by atoms with van der Waals surface area (Å²) in [7, 11) is 1.50. The third-order valence-corrected chi connectivity index (χ3v) is 2.26. The highest BCUT2D eigenvalue weighted by Gasteiger charge is 2.10. The molecule has 0 bridgehead atoms. The van der Waals surface area contributed by atoms with Crippen LogP contribution in [-0.2, 0) is 0 Å². The lowest BCUT2D eigenvalue weighted by Gasteiger charge is -2.11. The quantitative estimate of drug-likeness (QED) is 0.411. The zero-order chi connectivity index (χ0) is 9.30. The van der Waals surface area contributed by atoms with E-state index in [9.17, 15) is 0 Å². The summed E-state index contributed by atoms with van der Waals surface area (Å²) >= 11 is 8.26. The van der Waals surface area contributed by atoms with Crippen molar-refractivity contribution >= 4 is 36.6 Å². The second kappa shape index (κ2) is 3.37. The first kappa shape index (κ1) is 9.41. The number of ether oxygens (including phenoxy) is 1. The molecule has 0 aromatic heterocycles. The Morgan fingerprint density at radius 2 is 1.58 bits per heavy atom. The molecule has 5 heteroatoms. The number of benzene rings is 1. The van der Waals surface area contributed by atoms with Crippen LogP contribution in [0.4, 0.5) is 11.4 Å². The highest BCUT2D eigenvalue weighted by molar-refractivity contribution is 7.81. The van der Waals surface area contributed by atoms with Crippen molar-refractivity contribution in [2.45, 2.75) is 9.79 Å². The molecule has 0 spiro atoms. The molecule has 0 aliphatic heterocycles. The maximum atomic E-state index is 5.65. The van der Waals surface area contributed by atoms with Crippen LogP contribution in [0.1, 0.15) is 0 Å². The van der Waals surface area contributed by atoms with Crippen LogP contribution in [-0.4, -0.2) is 7.11 Å². The van der Waals surface area contributed by atoms with Gasteiger partial charge in [0.25, 0.3) is 0 Å². The highest BCUT2D eigenvalue weighted by Crippen LogP contribution is 2.38. The summed E-state index contributed by atoms with van der Waals surface area (Å²) in [5, 5.41) is 0. The van der Waals surface area contributed by atoms with Gasteiger partial charge in [0.15, 0.2) is 5.75 Å². The van der Waals surface area contributed by atoms with Gasteiger partial charge in [0.2, 0.25) is 0 Å². The first-order chi connectivity index (χ1) is 5.57. The second-order valence-corrected chi connectivity index (χ2v) is 3.24. The van der Waals surface area contributed by atoms with E-state index in [1.54, 1.807) is 6.07 Å². The second-order valence-electron chi connectivity index (χ2n) is 2.28. The highest BCUT2D eigenvalue weighted by atomic mass is 32.1. The van der Waals surface area contributed by atoms with Gasteiger partial charge in [-0.05, 0) is 6.07 Å². The Morgan fingerprint density at radius 1 is 1.17 bits per heavy atom. The lowest BCUT2D eigenvalue weighted by molar-refractivity contribution is 0.417. The van der Waals surface area contributed by atoms with E-state index in [1.807, 2.05) is 0 Å². The van der Waals surface area contributed by atoms with Gasteiger partial charge in [0.1, 0.15) is 0 Å². The zero-order valence-corrected chi connectivity index (χ0v) is 8.32. The summed E-state index contributed by atoms with van der Waals surface area (Å²) < 4.78 is 4.99. The molecule has 0 atom stereocenters. The smallest absolute Gasteiger partial charge is 0.166 e. The lowest BCUT2D eigenvalue weighted by Crippen LogP contribution is -1.99. The number of rotatable bonds is 1. The summed E-state index contributed by atoms with van der Waals surface area (Å²) in [6, 6.07) is 1.68. The van der Waals surface area contributed by atoms with Crippen LogP contribution in [0.5, 0.6) is 5.75 Å². The van der Waals surface area contributed by atoms with Crippen LogP contribution in [0.3, 0.4) is 0 Å². The number of methoxy groups -OCH3 is 1. The van der Waals surface area contributed by atoms with E-state index in [0.717, 1.165) is 0 Å². The average Bonchev–Trinajstić information content (AvgIpc) is 2.02. The molecule has 0 amide bonds. The van der Waals surface area contributed by atoms with Crippen molar-refractivity contribution in [2.75, 3.05) is 18.6 Å². The minimum atomic E-state index is 0.438. The Hall–Kier alpha value is -0.680. The minimum Gasteiger partial charge on any atom is -0.492 e. The molecular formula is C7H10N2OS2. The van der Waals surface area contributed by atoms with Gasteiger partial charge in [-0.1, -0.05) is 0 Å². The molecule has 12 heavy (non-hydrogen) atoms. The van der Waals surface area contributed by atoms with Crippen molar-refractivity contribution in [3.8, 4) is 5.75 Å². The summed E-state index contributed by atoms with van der Waals surface area (Å²) in [6.07, 6.45) is 0. The first-order valence-corrected chi connectivity index (χ1v) is 4.11. The van der Waals surface area contributed by atoms with Crippen molar-refractivity contribution in [3.05, 3.63) is 6.07 Å². The minimum absolute atomic E-state index is 0.438. The van der Waals surface area contributed by atoms with Crippen molar-refractivity contribution in [3.63, 3.8) is 0 Å². The van der Waals surface area contributed by atoms with Gasteiger partial charge in [0.05, 0.1) is 18.5 Å². The number of nitrogen functional groups attached to an aromatic ring is 2.